The molecule has 0 saturated heterocycles. The number of nitriles is 1. The fourth-order valence-electron chi connectivity index (χ4n) is 3.55. The van der Waals surface area contributed by atoms with Crippen LogP contribution in [0.25, 0.3) is 0 Å². The molecule has 1 aromatic heterocycles. The Hall–Kier alpha value is -1.68. The van der Waals surface area contributed by atoms with Gasteiger partial charge < -0.3 is 10.1 Å². The van der Waals surface area contributed by atoms with Crippen molar-refractivity contribution in [3.63, 3.8) is 0 Å². The molecule has 1 aliphatic rings. The predicted molar refractivity (Wildman–Crippen MR) is 102 cm³/mol. The highest BCUT2D eigenvalue weighted by molar-refractivity contribution is 9.10. The van der Waals surface area contributed by atoms with Gasteiger partial charge >= 0.3 is 6.09 Å². The van der Waals surface area contributed by atoms with E-state index in [1.165, 1.54) is 12.8 Å². The molecule has 0 aliphatic heterocycles. The molecule has 1 aromatic rings. The van der Waals surface area contributed by atoms with Gasteiger partial charge in [-0.3, -0.25) is 0 Å². The zero-order chi connectivity index (χ0) is 19.3. The molecule has 7 heteroatoms. The van der Waals surface area contributed by atoms with Gasteiger partial charge in [0.25, 0.3) is 0 Å². The Kier molecular flexibility index (Phi) is 6.99. The lowest BCUT2D eigenvalue weighted by molar-refractivity contribution is 0.0475. The highest BCUT2D eigenvalue weighted by Gasteiger charge is 2.33. The van der Waals surface area contributed by atoms with Crippen molar-refractivity contribution in [2.45, 2.75) is 71.4 Å². The lowest BCUT2D eigenvalue weighted by Gasteiger charge is -2.29. The molecule has 0 bridgehead atoms. The minimum absolute atomic E-state index is 0.0229. The first-order chi connectivity index (χ1) is 12.2. The van der Waals surface area contributed by atoms with Crippen molar-refractivity contribution >= 4 is 22.0 Å². The number of nitrogens with zero attached hydrogens (tertiary/aromatic N) is 3. The molecule has 1 N–H and O–H groups in total. The number of alkyl carbamates (subject to hydrolysis) is 1. The Morgan fingerprint density at radius 2 is 2.23 bits per heavy atom. The third-order valence-corrected chi connectivity index (χ3v) is 5.42. The Balaban J connectivity index is 2.09. The predicted octanol–water partition coefficient (Wildman–Crippen LogP) is 4.37. The van der Waals surface area contributed by atoms with Crippen molar-refractivity contribution in [1.82, 2.24) is 15.3 Å². The van der Waals surface area contributed by atoms with Gasteiger partial charge in [0, 0.05) is 12.2 Å². The topological polar surface area (TPSA) is 87.9 Å². The van der Waals surface area contributed by atoms with E-state index in [2.05, 4.69) is 38.1 Å². The molecule has 0 spiro atoms. The van der Waals surface area contributed by atoms with Crippen LogP contribution in [0, 0.1) is 23.2 Å². The molecule has 1 fully saturated rings. The second-order valence-electron chi connectivity index (χ2n) is 7.96. The van der Waals surface area contributed by atoms with Crippen molar-refractivity contribution in [1.29, 1.82) is 5.26 Å². The maximum atomic E-state index is 12.3. The van der Waals surface area contributed by atoms with Gasteiger partial charge in [-0.1, -0.05) is 19.8 Å². The van der Waals surface area contributed by atoms with Crippen LogP contribution in [-0.4, -0.2) is 27.7 Å². The summed E-state index contributed by atoms with van der Waals surface area (Å²) < 4.78 is 6.23. The number of hydrogen-bond acceptors (Lipinski definition) is 5. The van der Waals surface area contributed by atoms with Crippen LogP contribution in [0.5, 0.6) is 0 Å². The summed E-state index contributed by atoms with van der Waals surface area (Å²) >= 11 is 3.45. The van der Waals surface area contributed by atoms with Crippen molar-refractivity contribution in [2.24, 2.45) is 11.8 Å². The fourth-order valence-corrected chi connectivity index (χ4v) is 3.94. The van der Waals surface area contributed by atoms with Gasteiger partial charge in [-0.05, 0) is 67.8 Å². The molecule has 1 heterocycles. The van der Waals surface area contributed by atoms with Crippen molar-refractivity contribution < 1.29 is 9.53 Å². The van der Waals surface area contributed by atoms with Crippen molar-refractivity contribution in [3.05, 3.63) is 22.2 Å². The number of hydrogen-bond donors (Lipinski definition) is 1. The zero-order valence-electron chi connectivity index (χ0n) is 15.9. The second-order valence-corrected chi connectivity index (χ2v) is 8.82. The molecule has 1 aliphatic carbocycles. The van der Waals surface area contributed by atoms with Crippen LogP contribution in [0.15, 0.2) is 10.7 Å². The van der Waals surface area contributed by atoms with Crippen LogP contribution in [0.4, 0.5) is 4.79 Å². The summed E-state index contributed by atoms with van der Waals surface area (Å²) in [5.74, 6) is 1.16. The molecule has 1 unspecified atom stereocenters. The lowest BCUT2D eigenvalue weighted by atomic mass is 9.87. The molecule has 142 valence electrons. The van der Waals surface area contributed by atoms with Gasteiger partial charge in [0.1, 0.15) is 11.7 Å². The first-order valence-electron chi connectivity index (χ1n) is 9.10. The fraction of sp³-hybridized carbons (Fsp3) is 0.684. The summed E-state index contributed by atoms with van der Waals surface area (Å²) in [6, 6.07) is 1.99. The van der Waals surface area contributed by atoms with E-state index in [0.29, 0.717) is 18.3 Å². The summed E-state index contributed by atoms with van der Waals surface area (Å²) in [6.07, 6.45) is 6.11. The Morgan fingerprint density at radius 3 is 2.81 bits per heavy atom. The van der Waals surface area contributed by atoms with Gasteiger partial charge in [0.2, 0.25) is 5.82 Å². The van der Waals surface area contributed by atoms with E-state index in [0.717, 1.165) is 23.0 Å². The van der Waals surface area contributed by atoms with E-state index in [-0.39, 0.29) is 18.0 Å². The Labute approximate surface area is 163 Å². The average molecular weight is 423 g/mol. The molecular formula is C19H27BrN4O2. The lowest BCUT2D eigenvalue weighted by Crippen LogP contribution is -2.44. The van der Waals surface area contributed by atoms with Crippen LogP contribution in [-0.2, 0) is 11.2 Å². The van der Waals surface area contributed by atoms with E-state index >= 15 is 0 Å². The molecule has 2 rings (SSSR count). The molecule has 1 saturated carbocycles. The second kappa shape index (κ2) is 8.81. The maximum Gasteiger partial charge on any atom is 0.407 e. The quantitative estimate of drug-likeness (QED) is 0.760. The third-order valence-electron chi connectivity index (χ3n) is 4.76. The van der Waals surface area contributed by atoms with E-state index in [9.17, 15) is 4.79 Å². The van der Waals surface area contributed by atoms with E-state index in [1.807, 2.05) is 26.8 Å². The first-order valence-corrected chi connectivity index (χ1v) is 9.90. The van der Waals surface area contributed by atoms with Gasteiger partial charge in [0.05, 0.1) is 10.2 Å². The number of carbonyl (C=O) groups excluding carboxylic acids is 1. The van der Waals surface area contributed by atoms with E-state index < -0.39 is 5.60 Å². The molecule has 6 nitrogen and oxygen atoms in total. The summed E-state index contributed by atoms with van der Waals surface area (Å²) in [6.45, 7) is 7.83. The standard InChI is InChI=1S/C19H27BrN4O2/c1-12-6-5-7-13(12)15(24-18(25)26-19(2,3)4)8-9-16-14(20)11-22-17(10-21)23-16/h11-13,15H,5-9H2,1-4H3,(H,24,25)/t12-,13-,15?/m1/s1. The number of aryl methyl sites for hydroxylation is 1. The highest BCUT2D eigenvalue weighted by Crippen LogP contribution is 2.35. The average Bonchev–Trinajstić information content (AvgIpc) is 2.97. The minimum atomic E-state index is -0.521. The van der Waals surface area contributed by atoms with Crippen LogP contribution in [0.2, 0.25) is 0 Å². The number of halogens is 1. The highest BCUT2D eigenvalue weighted by atomic mass is 79.9. The van der Waals surface area contributed by atoms with Crippen LogP contribution in [0.3, 0.4) is 0 Å². The molecule has 0 aromatic carbocycles. The molecule has 3 atom stereocenters. The number of carbonyl (C=O) groups is 1. The largest absolute Gasteiger partial charge is 0.444 e. The van der Waals surface area contributed by atoms with E-state index in [4.69, 9.17) is 10.00 Å². The summed E-state index contributed by atoms with van der Waals surface area (Å²) in [4.78, 5) is 20.5. The molecule has 0 radical (unpaired) electrons. The minimum Gasteiger partial charge on any atom is -0.444 e. The monoisotopic (exact) mass is 422 g/mol. The maximum absolute atomic E-state index is 12.3. The van der Waals surface area contributed by atoms with Crippen LogP contribution >= 0.6 is 15.9 Å². The molecular weight excluding hydrogens is 396 g/mol. The SMILES string of the molecule is C[C@@H]1CCC[C@H]1C(CCc1nc(C#N)ncc1Br)NC(=O)OC(C)(C)C. The molecule has 1 amide bonds. The summed E-state index contributed by atoms with van der Waals surface area (Å²) in [5.41, 5.74) is 0.269. The van der Waals surface area contributed by atoms with E-state index in [1.54, 1.807) is 6.20 Å². The molecule has 26 heavy (non-hydrogen) atoms. The Morgan fingerprint density at radius 1 is 1.50 bits per heavy atom. The van der Waals surface area contributed by atoms with Gasteiger partial charge in [-0.15, -0.1) is 0 Å². The van der Waals surface area contributed by atoms with Crippen molar-refractivity contribution in [2.75, 3.05) is 0 Å². The number of rotatable bonds is 5. The van der Waals surface area contributed by atoms with Crippen LogP contribution < -0.4 is 5.32 Å². The number of amides is 1. The van der Waals surface area contributed by atoms with Gasteiger partial charge in [-0.2, -0.15) is 5.26 Å². The van der Waals surface area contributed by atoms with Crippen LogP contribution in [0.1, 0.15) is 64.9 Å². The first kappa shape index (κ1) is 20.6. The summed E-state index contributed by atoms with van der Waals surface area (Å²) in [5, 5.41) is 12.1. The van der Waals surface area contributed by atoms with Gasteiger partial charge in [-0.25, -0.2) is 14.8 Å². The van der Waals surface area contributed by atoms with Gasteiger partial charge in [0.15, 0.2) is 0 Å². The van der Waals surface area contributed by atoms with Crippen molar-refractivity contribution in [3.8, 4) is 6.07 Å². The normalized spacial score (nSPS) is 21.1. The number of aromatic nitrogens is 2. The smallest absolute Gasteiger partial charge is 0.407 e. The number of ether oxygens (including phenoxy) is 1. The summed E-state index contributed by atoms with van der Waals surface area (Å²) in [7, 11) is 0. The zero-order valence-corrected chi connectivity index (χ0v) is 17.5. The number of nitrogens with one attached hydrogen (secondary N) is 1. The Bertz CT molecular complexity index is 681. The third kappa shape index (κ3) is 5.94.